The molecule has 0 radical (unpaired) electrons. The van der Waals surface area contributed by atoms with Gasteiger partial charge in [0.25, 0.3) is 5.56 Å². The molecule has 162 valence electrons. The van der Waals surface area contributed by atoms with Crippen molar-refractivity contribution in [3.8, 4) is 5.75 Å². The molecule has 6 rings (SSSR count). The molecule has 2 aromatic heterocycles. The summed E-state index contributed by atoms with van der Waals surface area (Å²) in [5, 5.41) is 6.14. The molecule has 0 amide bonds. The predicted molar refractivity (Wildman–Crippen MR) is 130 cm³/mol. The van der Waals surface area contributed by atoms with Crippen molar-refractivity contribution < 1.29 is 9.15 Å². The molecular formula is C25H23N3O3S. The lowest BCUT2D eigenvalue weighted by Gasteiger charge is -2.43. The van der Waals surface area contributed by atoms with Crippen LogP contribution in [0.4, 0.5) is 5.69 Å². The Balaban J connectivity index is 1.29. The van der Waals surface area contributed by atoms with E-state index in [-0.39, 0.29) is 5.56 Å². The van der Waals surface area contributed by atoms with Gasteiger partial charge in [-0.15, -0.1) is 0 Å². The van der Waals surface area contributed by atoms with Crippen LogP contribution in [0.5, 0.6) is 5.75 Å². The number of methoxy groups -OCH3 is 1. The minimum atomic E-state index is 0.0928. The van der Waals surface area contributed by atoms with Crippen LogP contribution in [-0.4, -0.2) is 34.8 Å². The third kappa shape index (κ3) is 3.07. The van der Waals surface area contributed by atoms with Crippen molar-refractivity contribution in [2.75, 3.05) is 25.5 Å². The van der Waals surface area contributed by atoms with Gasteiger partial charge in [0.2, 0.25) is 0 Å². The SMILES string of the molecule is COc1cc2c(cc1NC(=S)N1C[C@H]3C[C@@H](C1)c1cccc(=O)n1C3)oc1ccccc12. The maximum atomic E-state index is 12.3. The van der Waals surface area contributed by atoms with Crippen LogP contribution in [0.25, 0.3) is 21.9 Å². The molecule has 4 aromatic rings. The van der Waals surface area contributed by atoms with Crippen LogP contribution in [0.2, 0.25) is 0 Å². The summed E-state index contributed by atoms with van der Waals surface area (Å²) in [6.45, 7) is 2.37. The molecule has 2 aliphatic heterocycles. The summed E-state index contributed by atoms with van der Waals surface area (Å²) in [7, 11) is 1.66. The number of ether oxygens (including phenoxy) is 1. The minimum Gasteiger partial charge on any atom is -0.495 e. The van der Waals surface area contributed by atoms with Gasteiger partial charge in [0.15, 0.2) is 5.11 Å². The molecule has 4 heterocycles. The molecular weight excluding hydrogens is 422 g/mol. The molecule has 2 atom stereocenters. The van der Waals surface area contributed by atoms with Gasteiger partial charge in [-0.1, -0.05) is 24.3 Å². The van der Waals surface area contributed by atoms with Crippen LogP contribution < -0.4 is 15.6 Å². The third-order valence-corrected chi connectivity index (χ3v) is 7.07. The first-order valence-electron chi connectivity index (χ1n) is 10.9. The fourth-order valence-corrected chi connectivity index (χ4v) is 5.53. The van der Waals surface area contributed by atoms with Crippen LogP contribution in [0.1, 0.15) is 18.0 Å². The van der Waals surface area contributed by atoms with Crippen molar-refractivity contribution >= 4 is 45.0 Å². The fourth-order valence-electron chi connectivity index (χ4n) is 5.27. The molecule has 0 saturated carbocycles. The Hall–Kier alpha value is -3.32. The molecule has 1 fully saturated rings. The van der Waals surface area contributed by atoms with E-state index in [0.717, 1.165) is 65.1 Å². The number of benzene rings is 2. The number of thiocarbonyl (C=S) groups is 1. The second kappa shape index (κ2) is 7.38. The number of rotatable bonds is 2. The smallest absolute Gasteiger partial charge is 0.250 e. The average molecular weight is 446 g/mol. The van der Waals surface area contributed by atoms with E-state index in [4.69, 9.17) is 21.4 Å². The van der Waals surface area contributed by atoms with E-state index in [1.54, 1.807) is 13.2 Å². The molecule has 1 saturated heterocycles. The number of nitrogens with zero attached hydrogens (tertiary/aromatic N) is 2. The average Bonchev–Trinajstić information content (AvgIpc) is 3.16. The van der Waals surface area contributed by atoms with E-state index < -0.39 is 0 Å². The summed E-state index contributed by atoms with van der Waals surface area (Å²) in [5.74, 6) is 1.43. The van der Waals surface area contributed by atoms with Crippen LogP contribution >= 0.6 is 12.2 Å². The molecule has 0 spiro atoms. The van der Waals surface area contributed by atoms with E-state index in [0.29, 0.717) is 16.9 Å². The Morgan fingerprint density at radius 3 is 2.81 bits per heavy atom. The predicted octanol–water partition coefficient (Wildman–Crippen LogP) is 4.57. The zero-order valence-corrected chi connectivity index (χ0v) is 18.5. The summed E-state index contributed by atoms with van der Waals surface area (Å²) in [6, 6.07) is 17.5. The van der Waals surface area contributed by atoms with E-state index >= 15 is 0 Å². The van der Waals surface area contributed by atoms with Gasteiger partial charge in [-0.25, -0.2) is 0 Å². The second-order valence-corrected chi connectivity index (χ2v) is 9.07. The lowest BCUT2D eigenvalue weighted by Crippen LogP contribution is -2.50. The van der Waals surface area contributed by atoms with Crippen molar-refractivity contribution in [3.05, 3.63) is 70.6 Å². The summed E-state index contributed by atoms with van der Waals surface area (Å²) >= 11 is 5.81. The van der Waals surface area contributed by atoms with E-state index in [2.05, 4.69) is 16.3 Å². The number of para-hydroxylation sites is 1. The van der Waals surface area contributed by atoms with Gasteiger partial charge < -0.3 is 23.9 Å². The highest BCUT2D eigenvalue weighted by molar-refractivity contribution is 7.80. The largest absolute Gasteiger partial charge is 0.495 e. The maximum Gasteiger partial charge on any atom is 0.250 e. The van der Waals surface area contributed by atoms with E-state index in [1.165, 1.54) is 0 Å². The molecule has 2 aliphatic rings. The second-order valence-electron chi connectivity index (χ2n) is 8.68. The van der Waals surface area contributed by atoms with Crippen LogP contribution in [0, 0.1) is 5.92 Å². The molecule has 0 unspecified atom stereocenters. The van der Waals surface area contributed by atoms with Crippen LogP contribution in [0.15, 0.2) is 63.8 Å². The number of hydrogen-bond acceptors (Lipinski definition) is 4. The number of likely N-dealkylation sites (tertiary alicyclic amines) is 1. The van der Waals surface area contributed by atoms with Gasteiger partial charge in [0.1, 0.15) is 16.9 Å². The first kappa shape index (κ1) is 19.4. The molecule has 2 aromatic carbocycles. The van der Waals surface area contributed by atoms with Crippen LogP contribution in [-0.2, 0) is 6.54 Å². The number of nitrogens with one attached hydrogen (secondary N) is 1. The summed E-state index contributed by atoms with van der Waals surface area (Å²) in [6.07, 6.45) is 1.09. The highest BCUT2D eigenvalue weighted by atomic mass is 32.1. The Labute approximate surface area is 190 Å². The normalized spacial score (nSPS) is 19.7. The maximum absolute atomic E-state index is 12.3. The highest BCUT2D eigenvalue weighted by Crippen LogP contribution is 2.38. The number of piperidine rings is 1. The van der Waals surface area contributed by atoms with Gasteiger partial charge in [0, 0.05) is 54.2 Å². The number of pyridine rings is 1. The summed E-state index contributed by atoms with van der Waals surface area (Å²) in [4.78, 5) is 14.5. The van der Waals surface area contributed by atoms with E-state index in [9.17, 15) is 4.79 Å². The summed E-state index contributed by atoms with van der Waals surface area (Å²) in [5.41, 5.74) is 3.64. The first-order chi connectivity index (χ1) is 15.6. The van der Waals surface area contributed by atoms with Crippen molar-refractivity contribution in [3.63, 3.8) is 0 Å². The zero-order chi connectivity index (χ0) is 21.8. The minimum absolute atomic E-state index is 0.0928. The molecule has 2 bridgehead atoms. The Bertz CT molecular complexity index is 1420. The molecule has 0 aliphatic carbocycles. The molecule has 1 N–H and O–H groups in total. The van der Waals surface area contributed by atoms with Crippen molar-refractivity contribution in [2.24, 2.45) is 5.92 Å². The third-order valence-electron chi connectivity index (χ3n) is 6.71. The quantitative estimate of drug-likeness (QED) is 0.456. The van der Waals surface area contributed by atoms with Crippen molar-refractivity contribution in [1.82, 2.24) is 9.47 Å². The monoisotopic (exact) mass is 445 g/mol. The first-order valence-corrected chi connectivity index (χ1v) is 11.3. The Kier molecular flexibility index (Phi) is 4.47. The topological polar surface area (TPSA) is 59.6 Å². The van der Waals surface area contributed by atoms with Gasteiger partial charge in [-0.2, -0.15) is 0 Å². The van der Waals surface area contributed by atoms with Gasteiger partial charge in [-0.3, -0.25) is 4.79 Å². The lowest BCUT2D eigenvalue weighted by molar-refractivity contribution is 0.180. The number of anilines is 1. The van der Waals surface area contributed by atoms with Crippen molar-refractivity contribution in [1.29, 1.82) is 0 Å². The van der Waals surface area contributed by atoms with E-state index in [1.807, 2.05) is 47.0 Å². The zero-order valence-electron chi connectivity index (χ0n) is 17.7. The lowest BCUT2D eigenvalue weighted by atomic mass is 9.83. The van der Waals surface area contributed by atoms with Crippen molar-refractivity contribution in [2.45, 2.75) is 18.9 Å². The van der Waals surface area contributed by atoms with Gasteiger partial charge >= 0.3 is 0 Å². The molecule has 7 heteroatoms. The van der Waals surface area contributed by atoms with Gasteiger partial charge in [0.05, 0.1) is 12.8 Å². The highest BCUT2D eigenvalue weighted by Gasteiger charge is 2.35. The molecule has 6 nitrogen and oxygen atoms in total. The Morgan fingerprint density at radius 2 is 1.94 bits per heavy atom. The Morgan fingerprint density at radius 1 is 1.06 bits per heavy atom. The number of furan rings is 1. The van der Waals surface area contributed by atoms with Gasteiger partial charge in [-0.05, 0) is 42.8 Å². The fraction of sp³-hybridized carbons (Fsp3) is 0.280. The standard InChI is InChI=1S/C25H23N3O3S/c1-30-23-10-18-17-5-2-3-7-21(17)31-22(18)11-19(23)26-25(32)27-12-15-9-16(14-27)20-6-4-8-24(29)28(20)13-15/h2-8,10-11,15-16H,9,12-14H2,1H3,(H,26,32)/t15-,16+/m1/s1. The number of hydrogen-bond donors (Lipinski definition) is 1. The number of aromatic nitrogens is 1. The molecule has 32 heavy (non-hydrogen) atoms. The van der Waals surface area contributed by atoms with Crippen LogP contribution in [0.3, 0.4) is 0 Å². The summed E-state index contributed by atoms with van der Waals surface area (Å²) < 4.78 is 13.7. The number of fused-ring (bicyclic) bond motifs is 7.